The Bertz CT molecular complexity index is 1610. The van der Waals surface area contributed by atoms with Crippen LogP contribution in [0.2, 0.25) is 5.02 Å². The first-order chi connectivity index (χ1) is 17.7. The predicted molar refractivity (Wildman–Crippen MR) is 140 cm³/mol. The number of amides is 2. The summed E-state index contributed by atoms with van der Waals surface area (Å²) >= 11 is 5.94. The maximum Gasteiger partial charge on any atom is 0.324 e. The number of H-pyrrole nitrogens is 1. The van der Waals surface area contributed by atoms with E-state index >= 15 is 0 Å². The first kappa shape index (κ1) is 24.3. The van der Waals surface area contributed by atoms with Crippen molar-refractivity contribution in [3.63, 3.8) is 0 Å². The van der Waals surface area contributed by atoms with Gasteiger partial charge in [-0.1, -0.05) is 32.4 Å². The Morgan fingerprint density at radius 2 is 1.86 bits per heavy atom. The second-order valence-corrected chi connectivity index (χ2v) is 9.82. The van der Waals surface area contributed by atoms with Crippen LogP contribution in [-0.2, 0) is 5.41 Å². The lowest BCUT2D eigenvalue weighted by atomic mass is 9.92. The van der Waals surface area contributed by atoms with Crippen LogP contribution in [0.1, 0.15) is 26.5 Å². The first-order valence-corrected chi connectivity index (χ1v) is 11.7. The number of nitrogens with zero attached hydrogens (tertiary/aromatic N) is 4. The number of hydrogen-bond donors (Lipinski definition) is 3. The normalized spacial score (nSPS) is 11.5. The van der Waals surface area contributed by atoms with Gasteiger partial charge in [-0.2, -0.15) is 10.2 Å². The number of hydrogen-bond acceptors (Lipinski definition) is 5. The standard InChI is InChI=1S/C26H23ClFN7O2/c1-26(2,3)23-11-24(35(34-23)17-4-7-21-15(8-17)12-30-33-21)32-25(36)31-22-10-18(5-6-20(22)28)37-19-9-16(27)13-29-14-19/h4-14H,1-3H3,(H,30,33)(H2,31,32,36). The number of aromatic nitrogens is 5. The molecular weight excluding hydrogens is 497 g/mol. The molecule has 3 heterocycles. The lowest BCUT2D eigenvalue weighted by Gasteiger charge is -2.14. The molecular formula is C26H23ClFN7O2. The predicted octanol–water partition coefficient (Wildman–Crippen LogP) is 6.67. The van der Waals surface area contributed by atoms with Gasteiger partial charge in [0.15, 0.2) is 0 Å². The van der Waals surface area contributed by atoms with E-state index in [1.165, 1.54) is 30.6 Å². The minimum atomic E-state index is -0.647. The molecule has 2 aromatic carbocycles. The molecule has 0 aliphatic rings. The average Bonchev–Trinajstić information content (AvgIpc) is 3.48. The minimum Gasteiger partial charge on any atom is -0.456 e. The third-order valence-electron chi connectivity index (χ3n) is 5.49. The van der Waals surface area contributed by atoms with E-state index in [1.807, 2.05) is 39.0 Å². The number of fused-ring (bicyclic) bond motifs is 1. The van der Waals surface area contributed by atoms with Crippen molar-refractivity contribution in [3.8, 4) is 17.2 Å². The highest BCUT2D eigenvalue weighted by molar-refractivity contribution is 6.30. The fraction of sp³-hybridized carbons (Fsp3) is 0.154. The number of anilines is 2. The Morgan fingerprint density at radius 3 is 2.65 bits per heavy atom. The Hall–Kier alpha value is -4.44. The lowest BCUT2D eigenvalue weighted by Crippen LogP contribution is -2.22. The van der Waals surface area contributed by atoms with Gasteiger partial charge in [0.05, 0.1) is 40.0 Å². The molecule has 0 aliphatic heterocycles. The van der Waals surface area contributed by atoms with Crippen LogP contribution in [0.15, 0.2) is 67.1 Å². The van der Waals surface area contributed by atoms with E-state index in [1.54, 1.807) is 23.0 Å². The molecule has 0 saturated heterocycles. The third-order valence-corrected chi connectivity index (χ3v) is 5.70. The number of aromatic amines is 1. The second kappa shape index (κ2) is 9.55. The molecule has 0 unspecified atom stereocenters. The van der Waals surface area contributed by atoms with Crippen LogP contribution in [0, 0.1) is 5.82 Å². The summed E-state index contributed by atoms with van der Waals surface area (Å²) in [7, 11) is 0. The summed E-state index contributed by atoms with van der Waals surface area (Å²) in [6.45, 7) is 6.08. The Morgan fingerprint density at radius 1 is 1.03 bits per heavy atom. The minimum absolute atomic E-state index is 0.0630. The molecule has 0 saturated carbocycles. The summed E-state index contributed by atoms with van der Waals surface area (Å²) in [6, 6.07) is 12.4. The van der Waals surface area contributed by atoms with Crippen LogP contribution in [0.25, 0.3) is 16.6 Å². The van der Waals surface area contributed by atoms with Crippen molar-refractivity contribution in [2.75, 3.05) is 10.6 Å². The van der Waals surface area contributed by atoms with Gasteiger partial charge in [0.1, 0.15) is 23.1 Å². The summed E-state index contributed by atoms with van der Waals surface area (Å²) < 4.78 is 21.9. The Balaban J connectivity index is 1.40. The van der Waals surface area contributed by atoms with E-state index in [-0.39, 0.29) is 11.1 Å². The monoisotopic (exact) mass is 519 g/mol. The zero-order chi connectivity index (χ0) is 26.2. The smallest absolute Gasteiger partial charge is 0.324 e. The highest BCUT2D eigenvalue weighted by Crippen LogP contribution is 2.29. The van der Waals surface area contributed by atoms with E-state index in [2.05, 4.69) is 25.8 Å². The van der Waals surface area contributed by atoms with Crippen molar-refractivity contribution >= 4 is 40.0 Å². The van der Waals surface area contributed by atoms with Crippen LogP contribution < -0.4 is 15.4 Å². The Labute approximate surface area is 216 Å². The molecule has 188 valence electrons. The van der Waals surface area contributed by atoms with Gasteiger partial charge in [-0.05, 0) is 30.3 Å². The first-order valence-electron chi connectivity index (χ1n) is 11.4. The van der Waals surface area contributed by atoms with E-state index < -0.39 is 11.8 Å². The quantitative estimate of drug-likeness (QED) is 0.240. The average molecular weight is 520 g/mol. The zero-order valence-corrected chi connectivity index (χ0v) is 21.0. The van der Waals surface area contributed by atoms with Crippen molar-refractivity contribution < 1.29 is 13.9 Å². The molecule has 0 aliphatic carbocycles. The molecule has 0 spiro atoms. The molecule has 3 aromatic heterocycles. The molecule has 0 radical (unpaired) electrons. The van der Waals surface area contributed by atoms with Gasteiger partial charge in [-0.15, -0.1) is 0 Å². The fourth-order valence-corrected chi connectivity index (χ4v) is 3.78. The van der Waals surface area contributed by atoms with Crippen LogP contribution in [0.4, 0.5) is 20.7 Å². The molecule has 3 N–H and O–H groups in total. The van der Waals surface area contributed by atoms with Crippen molar-refractivity contribution in [1.82, 2.24) is 25.0 Å². The van der Waals surface area contributed by atoms with E-state index in [0.717, 1.165) is 22.3 Å². The number of benzene rings is 2. The van der Waals surface area contributed by atoms with Crippen molar-refractivity contribution in [1.29, 1.82) is 0 Å². The summed E-state index contributed by atoms with van der Waals surface area (Å²) in [5.41, 5.74) is 2.05. The highest BCUT2D eigenvalue weighted by Gasteiger charge is 2.22. The summed E-state index contributed by atoms with van der Waals surface area (Å²) in [4.78, 5) is 16.9. The topological polar surface area (TPSA) is 110 Å². The van der Waals surface area contributed by atoms with Gasteiger partial charge >= 0.3 is 6.03 Å². The molecule has 11 heteroatoms. The molecule has 5 aromatic rings. The number of pyridine rings is 1. The number of carbonyl (C=O) groups excluding carboxylic acids is 1. The van der Waals surface area contributed by atoms with Crippen LogP contribution in [0.3, 0.4) is 0 Å². The maximum absolute atomic E-state index is 14.5. The fourth-order valence-electron chi connectivity index (χ4n) is 3.61. The van der Waals surface area contributed by atoms with Crippen LogP contribution in [0.5, 0.6) is 11.5 Å². The summed E-state index contributed by atoms with van der Waals surface area (Å²) in [5.74, 6) is 0.473. The second-order valence-electron chi connectivity index (χ2n) is 9.38. The number of urea groups is 1. The van der Waals surface area contributed by atoms with Crippen LogP contribution in [-0.4, -0.2) is 31.0 Å². The molecule has 0 fully saturated rings. The zero-order valence-electron chi connectivity index (χ0n) is 20.2. The van der Waals surface area contributed by atoms with Crippen molar-refractivity contribution in [2.24, 2.45) is 0 Å². The molecule has 5 rings (SSSR count). The number of rotatable bonds is 5. The van der Waals surface area contributed by atoms with Gasteiger partial charge in [0, 0.05) is 35.2 Å². The van der Waals surface area contributed by atoms with Gasteiger partial charge in [-0.3, -0.25) is 15.4 Å². The number of nitrogens with one attached hydrogen (secondary N) is 3. The highest BCUT2D eigenvalue weighted by atomic mass is 35.5. The van der Waals surface area contributed by atoms with Gasteiger partial charge in [-0.25, -0.2) is 13.9 Å². The lowest BCUT2D eigenvalue weighted by molar-refractivity contribution is 0.262. The van der Waals surface area contributed by atoms with E-state index in [4.69, 9.17) is 21.4 Å². The largest absolute Gasteiger partial charge is 0.456 e. The van der Waals surface area contributed by atoms with Crippen LogP contribution >= 0.6 is 11.6 Å². The molecule has 37 heavy (non-hydrogen) atoms. The van der Waals surface area contributed by atoms with Gasteiger partial charge < -0.3 is 10.1 Å². The summed E-state index contributed by atoms with van der Waals surface area (Å²) in [6.07, 6.45) is 4.66. The maximum atomic E-state index is 14.5. The molecule has 9 nitrogen and oxygen atoms in total. The van der Waals surface area contributed by atoms with Gasteiger partial charge in [0.2, 0.25) is 0 Å². The molecule has 2 amide bonds. The Kier molecular flexibility index (Phi) is 6.26. The van der Waals surface area contributed by atoms with Crippen molar-refractivity contribution in [3.05, 3.63) is 83.7 Å². The van der Waals surface area contributed by atoms with E-state index in [9.17, 15) is 9.18 Å². The molecule has 0 atom stereocenters. The number of ether oxygens (including phenoxy) is 1. The van der Waals surface area contributed by atoms with Crippen molar-refractivity contribution in [2.45, 2.75) is 26.2 Å². The summed E-state index contributed by atoms with van der Waals surface area (Å²) in [5, 5.41) is 18.3. The van der Waals surface area contributed by atoms with E-state index in [0.29, 0.717) is 22.3 Å². The number of carbonyl (C=O) groups is 1. The molecule has 0 bridgehead atoms. The number of halogens is 2. The van der Waals surface area contributed by atoms with Gasteiger partial charge in [0.25, 0.3) is 0 Å². The third kappa shape index (κ3) is 5.39. The SMILES string of the molecule is CC(C)(C)c1cc(NC(=O)Nc2cc(Oc3cncc(Cl)c3)ccc2F)n(-c2ccc3[nH]ncc3c2)n1.